The summed E-state index contributed by atoms with van der Waals surface area (Å²) in [4.78, 5) is 18.0. The second-order valence-electron chi connectivity index (χ2n) is 4.03. The van der Waals surface area contributed by atoms with Crippen LogP contribution in [0.25, 0.3) is 0 Å². The average Bonchev–Trinajstić information content (AvgIpc) is 2.48. The number of benzene rings is 1. The molecule has 9 heteroatoms. The van der Waals surface area contributed by atoms with Crippen LogP contribution in [-0.2, 0) is 6.54 Å². The SMILES string of the molecule is COc1ccc([N+](=O)[O-])cc1CNc1ncnc(N)c1Cl. The molecule has 0 spiro atoms. The highest BCUT2D eigenvalue weighted by Crippen LogP contribution is 2.27. The van der Waals surface area contributed by atoms with Gasteiger partial charge in [0.2, 0.25) is 0 Å². The van der Waals surface area contributed by atoms with Crippen LogP contribution < -0.4 is 15.8 Å². The largest absolute Gasteiger partial charge is 0.496 e. The van der Waals surface area contributed by atoms with Crippen LogP contribution in [0.5, 0.6) is 5.75 Å². The number of anilines is 2. The summed E-state index contributed by atoms with van der Waals surface area (Å²) >= 11 is 5.96. The van der Waals surface area contributed by atoms with Gasteiger partial charge in [-0.05, 0) is 6.07 Å². The van der Waals surface area contributed by atoms with Gasteiger partial charge in [-0.25, -0.2) is 9.97 Å². The fraction of sp³-hybridized carbons (Fsp3) is 0.167. The first-order valence-corrected chi connectivity index (χ1v) is 6.22. The Hall–Kier alpha value is -2.61. The molecule has 2 rings (SSSR count). The van der Waals surface area contributed by atoms with Gasteiger partial charge in [-0.3, -0.25) is 10.1 Å². The van der Waals surface area contributed by atoms with Crippen LogP contribution in [0, 0.1) is 10.1 Å². The van der Waals surface area contributed by atoms with Crippen LogP contribution in [0.4, 0.5) is 17.3 Å². The molecule has 0 unspecified atom stereocenters. The Kier molecular flexibility index (Phi) is 4.39. The molecule has 1 aromatic heterocycles. The van der Waals surface area contributed by atoms with Crippen molar-refractivity contribution in [2.45, 2.75) is 6.54 Å². The van der Waals surface area contributed by atoms with Crippen LogP contribution in [0.3, 0.4) is 0 Å². The third kappa shape index (κ3) is 3.29. The minimum absolute atomic E-state index is 0.0269. The van der Waals surface area contributed by atoms with E-state index in [0.717, 1.165) is 0 Å². The van der Waals surface area contributed by atoms with Gasteiger partial charge in [-0.2, -0.15) is 0 Å². The number of nitrogens with zero attached hydrogens (tertiary/aromatic N) is 3. The van der Waals surface area contributed by atoms with Crippen LogP contribution >= 0.6 is 11.6 Å². The number of rotatable bonds is 5. The summed E-state index contributed by atoms with van der Waals surface area (Å²) in [7, 11) is 1.49. The first-order chi connectivity index (χ1) is 10.0. The lowest BCUT2D eigenvalue weighted by Gasteiger charge is -2.11. The minimum atomic E-state index is -0.474. The van der Waals surface area contributed by atoms with Crippen LogP contribution in [0.1, 0.15) is 5.56 Å². The molecule has 0 aliphatic rings. The van der Waals surface area contributed by atoms with Gasteiger partial charge in [0.05, 0.1) is 12.0 Å². The van der Waals surface area contributed by atoms with Crippen molar-refractivity contribution in [1.82, 2.24) is 9.97 Å². The maximum absolute atomic E-state index is 10.8. The van der Waals surface area contributed by atoms with Gasteiger partial charge in [0.25, 0.3) is 5.69 Å². The number of nitrogens with one attached hydrogen (secondary N) is 1. The monoisotopic (exact) mass is 309 g/mol. The standard InChI is InChI=1S/C12H12ClN5O3/c1-21-9-3-2-8(18(19)20)4-7(9)5-15-12-10(13)11(14)16-6-17-12/h2-4,6H,5H2,1H3,(H3,14,15,16,17). The van der Waals surface area contributed by atoms with Crippen LogP contribution in [0.2, 0.25) is 5.02 Å². The van der Waals surface area contributed by atoms with Gasteiger partial charge in [0, 0.05) is 24.2 Å². The lowest BCUT2D eigenvalue weighted by molar-refractivity contribution is -0.384. The molecule has 0 bridgehead atoms. The summed E-state index contributed by atoms with van der Waals surface area (Å²) in [6, 6.07) is 4.33. The molecule has 0 aliphatic carbocycles. The number of aromatic nitrogens is 2. The van der Waals surface area contributed by atoms with E-state index in [2.05, 4.69) is 15.3 Å². The highest BCUT2D eigenvalue weighted by atomic mass is 35.5. The Morgan fingerprint density at radius 1 is 1.48 bits per heavy atom. The Balaban J connectivity index is 2.24. The lowest BCUT2D eigenvalue weighted by Crippen LogP contribution is -2.06. The zero-order chi connectivity index (χ0) is 15.4. The number of hydrogen-bond acceptors (Lipinski definition) is 7. The number of nitro benzene ring substituents is 1. The Bertz CT molecular complexity index is 680. The van der Waals surface area contributed by atoms with E-state index in [1.54, 1.807) is 0 Å². The van der Waals surface area contributed by atoms with Gasteiger partial charge in [-0.1, -0.05) is 11.6 Å². The van der Waals surface area contributed by atoms with E-state index < -0.39 is 4.92 Å². The molecule has 0 aliphatic heterocycles. The predicted molar refractivity (Wildman–Crippen MR) is 78.4 cm³/mol. The molecule has 0 amide bonds. The fourth-order valence-electron chi connectivity index (χ4n) is 1.70. The van der Waals surface area contributed by atoms with Crippen LogP contribution in [0.15, 0.2) is 24.5 Å². The molecule has 1 aromatic carbocycles. The van der Waals surface area contributed by atoms with Gasteiger partial charge >= 0.3 is 0 Å². The predicted octanol–water partition coefficient (Wildman–Crippen LogP) is 2.24. The third-order valence-electron chi connectivity index (χ3n) is 2.74. The maximum atomic E-state index is 10.8. The van der Waals surface area contributed by atoms with E-state index in [4.69, 9.17) is 22.1 Å². The quantitative estimate of drug-likeness (QED) is 0.642. The zero-order valence-electron chi connectivity index (χ0n) is 11.0. The van der Waals surface area contributed by atoms with Crippen molar-refractivity contribution in [3.05, 3.63) is 45.2 Å². The van der Waals surface area contributed by atoms with E-state index in [9.17, 15) is 10.1 Å². The molecule has 8 nitrogen and oxygen atoms in total. The second-order valence-corrected chi connectivity index (χ2v) is 4.41. The number of methoxy groups -OCH3 is 1. The first kappa shape index (κ1) is 14.8. The van der Waals surface area contributed by atoms with Gasteiger partial charge in [0.15, 0.2) is 5.82 Å². The molecular weight excluding hydrogens is 298 g/mol. The summed E-state index contributed by atoms with van der Waals surface area (Å²) in [6.45, 7) is 0.237. The topological polar surface area (TPSA) is 116 Å². The van der Waals surface area contributed by atoms with Crippen molar-refractivity contribution in [3.8, 4) is 5.75 Å². The molecule has 2 aromatic rings. The highest BCUT2D eigenvalue weighted by molar-refractivity contribution is 6.35. The lowest BCUT2D eigenvalue weighted by atomic mass is 10.1. The summed E-state index contributed by atoms with van der Waals surface area (Å²) in [5.74, 6) is 1.02. The Labute approximate surface area is 125 Å². The Morgan fingerprint density at radius 3 is 2.90 bits per heavy atom. The first-order valence-electron chi connectivity index (χ1n) is 5.84. The van der Waals surface area contributed by atoms with Crippen molar-refractivity contribution >= 4 is 28.9 Å². The van der Waals surface area contributed by atoms with Crippen molar-refractivity contribution in [1.29, 1.82) is 0 Å². The molecule has 1 heterocycles. The average molecular weight is 310 g/mol. The third-order valence-corrected chi connectivity index (χ3v) is 3.11. The number of non-ortho nitro benzene ring substituents is 1. The molecule has 21 heavy (non-hydrogen) atoms. The number of nitrogens with two attached hydrogens (primary N) is 1. The molecule has 3 N–H and O–H groups in total. The van der Waals surface area contributed by atoms with Crippen molar-refractivity contribution in [2.24, 2.45) is 0 Å². The smallest absolute Gasteiger partial charge is 0.270 e. The highest BCUT2D eigenvalue weighted by Gasteiger charge is 2.12. The molecule has 0 radical (unpaired) electrons. The summed E-state index contributed by atoms with van der Waals surface area (Å²) in [5.41, 5.74) is 6.14. The van der Waals surface area contributed by atoms with Gasteiger partial charge in [-0.15, -0.1) is 0 Å². The Morgan fingerprint density at radius 2 is 2.24 bits per heavy atom. The van der Waals surface area contributed by atoms with E-state index >= 15 is 0 Å². The van der Waals surface area contributed by atoms with Crippen LogP contribution in [-0.4, -0.2) is 22.0 Å². The van der Waals surface area contributed by atoms with Gasteiger partial charge in [0.1, 0.15) is 22.9 Å². The zero-order valence-corrected chi connectivity index (χ0v) is 11.8. The van der Waals surface area contributed by atoms with Crippen molar-refractivity contribution in [3.63, 3.8) is 0 Å². The van der Waals surface area contributed by atoms with E-state index in [1.807, 2.05) is 0 Å². The summed E-state index contributed by atoms with van der Waals surface area (Å²) in [5, 5.41) is 14.0. The number of nitro groups is 1. The maximum Gasteiger partial charge on any atom is 0.270 e. The number of hydrogen-bond donors (Lipinski definition) is 2. The summed E-state index contributed by atoms with van der Waals surface area (Å²) < 4.78 is 5.17. The molecule has 0 saturated carbocycles. The molecule has 110 valence electrons. The van der Waals surface area contributed by atoms with E-state index in [-0.39, 0.29) is 23.1 Å². The van der Waals surface area contributed by atoms with Crippen molar-refractivity contribution in [2.75, 3.05) is 18.2 Å². The summed E-state index contributed by atoms with van der Waals surface area (Å²) in [6.07, 6.45) is 1.27. The minimum Gasteiger partial charge on any atom is -0.496 e. The molecule has 0 fully saturated rings. The second kappa shape index (κ2) is 6.23. The van der Waals surface area contributed by atoms with E-state index in [0.29, 0.717) is 17.1 Å². The molecule has 0 atom stereocenters. The van der Waals surface area contributed by atoms with Gasteiger partial charge < -0.3 is 15.8 Å². The fourth-order valence-corrected chi connectivity index (χ4v) is 1.87. The number of nitrogen functional groups attached to an aromatic ring is 1. The molecule has 0 saturated heterocycles. The number of ether oxygens (including phenoxy) is 1. The normalized spacial score (nSPS) is 10.2. The van der Waals surface area contributed by atoms with E-state index in [1.165, 1.54) is 31.6 Å². The number of halogens is 1. The molecular formula is C12H12ClN5O3. The van der Waals surface area contributed by atoms with Crippen molar-refractivity contribution < 1.29 is 9.66 Å².